The Morgan fingerprint density at radius 3 is 2.50 bits per heavy atom. The zero-order valence-electron chi connectivity index (χ0n) is 12.8. The van der Waals surface area contributed by atoms with Crippen LogP contribution in [0.5, 0.6) is 5.75 Å². The van der Waals surface area contributed by atoms with Gasteiger partial charge in [0, 0.05) is 11.8 Å². The third-order valence-electron chi connectivity index (χ3n) is 5.06. The Labute approximate surface area is 121 Å². The highest BCUT2D eigenvalue weighted by Gasteiger charge is 2.44. The molecule has 0 spiro atoms. The van der Waals surface area contributed by atoms with Crippen LogP contribution in [0.3, 0.4) is 0 Å². The number of fused-ring (bicyclic) bond motifs is 2. The molecule has 2 bridgehead atoms. The number of phenolic OH excluding ortho intramolecular Hbond substituents is 1. The van der Waals surface area contributed by atoms with Crippen LogP contribution < -0.4 is 0 Å². The van der Waals surface area contributed by atoms with Gasteiger partial charge in [0.2, 0.25) is 0 Å². The van der Waals surface area contributed by atoms with Crippen molar-refractivity contribution in [1.82, 2.24) is 0 Å². The average molecular weight is 271 g/mol. The molecule has 2 saturated carbocycles. The SMILES string of the molecule is CC(C)(C)c1cccc(C=NC23CCC(CC2)C3)c1O. The number of rotatable bonds is 2. The van der Waals surface area contributed by atoms with Gasteiger partial charge in [0.25, 0.3) is 0 Å². The molecular weight excluding hydrogens is 246 g/mol. The normalized spacial score (nSPS) is 29.4. The Morgan fingerprint density at radius 1 is 1.25 bits per heavy atom. The highest BCUT2D eigenvalue weighted by Crippen LogP contribution is 2.50. The fraction of sp³-hybridized carbons (Fsp3) is 0.611. The van der Waals surface area contributed by atoms with Crippen molar-refractivity contribution in [2.75, 3.05) is 0 Å². The van der Waals surface area contributed by atoms with Crippen LogP contribution in [-0.4, -0.2) is 16.9 Å². The Morgan fingerprint density at radius 2 is 1.95 bits per heavy atom. The highest BCUT2D eigenvalue weighted by molar-refractivity contribution is 5.84. The summed E-state index contributed by atoms with van der Waals surface area (Å²) in [6.07, 6.45) is 8.31. The molecule has 1 aromatic carbocycles. The average Bonchev–Trinajstić information content (AvgIpc) is 2.97. The fourth-order valence-corrected chi connectivity index (χ4v) is 3.82. The Hall–Kier alpha value is -1.31. The lowest BCUT2D eigenvalue weighted by Crippen LogP contribution is -2.19. The van der Waals surface area contributed by atoms with E-state index in [0.29, 0.717) is 5.75 Å². The smallest absolute Gasteiger partial charge is 0.128 e. The number of phenols is 1. The maximum atomic E-state index is 10.5. The van der Waals surface area contributed by atoms with Gasteiger partial charge in [-0.3, -0.25) is 4.99 Å². The fourth-order valence-electron chi connectivity index (χ4n) is 3.82. The summed E-state index contributed by atoms with van der Waals surface area (Å²) in [5, 5.41) is 10.5. The van der Waals surface area contributed by atoms with Crippen molar-refractivity contribution in [3.63, 3.8) is 0 Å². The Bertz CT molecular complexity index is 531. The molecule has 1 N–H and O–H groups in total. The number of hydrogen-bond donors (Lipinski definition) is 1. The van der Waals surface area contributed by atoms with Gasteiger partial charge in [-0.05, 0) is 55.1 Å². The van der Waals surface area contributed by atoms with Gasteiger partial charge in [-0.15, -0.1) is 0 Å². The van der Waals surface area contributed by atoms with Crippen LogP contribution in [0.1, 0.15) is 64.0 Å². The summed E-state index contributed by atoms with van der Waals surface area (Å²) in [7, 11) is 0. The first-order valence-corrected chi connectivity index (χ1v) is 7.77. The van der Waals surface area contributed by atoms with Crippen molar-refractivity contribution in [2.45, 2.75) is 63.8 Å². The van der Waals surface area contributed by atoms with Crippen LogP contribution in [0.15, 0.2) is 23.2 Å². The number of hydrogen-bond acceptors (Lipinski definition) is 2. The summed E-state index contributed by atoms with van der Waals surface area (Å²) in [5.74, 6) is 1.30. The molecular formula is C18H25NO. The first-order chi connectivity index (χ1) is 9.40. The molecule has 0 amide bonds. The second-order valence-electron chi connectivity index (χ2n) is 7.62. The molecule has 0 atom stereocenters. The van der Waals surface area contributed by atoms with E-state index in [2.05, 4.69) is 20.8 Å². The summed E-state index contributed by atoms with van der Waals surface area (Å²) in [6, 6.07) is 5.99. The molecule has 0 saturated heterocycles. The summed E-state index contributed by atoms with van der Waals surface area (Å²) in [5.41, 5.74) is 2.00. The van der Waals surface area contributed by atoms with Gasteiger partial charge in [-0.2, -0.15) is 0 Å². The topological polar surface area (TPSA) is 32.6 Å². The molecule has 2 aliphatic rings. The van der Waals surface area contributed by atoms with Crippen molar-refractivity contribution >= 4 is 6.21 Å². The summed E-state index contributed by atoms with van der Waals surface area (Å²) >= 11 is 0. The van der Waals surface area contributed by atoms with Gasteiger partial charge in [-0.25, -0.2) is 0 Å². The maximum absolute atomic E-state index is 10.5. The van der Waals surface area contributed by atoms with Crippen molar-refractivity contribution in [1.29, 1.82) is 0 Å². The number of aromatic hydroxyl groups is 1. The number of benzene rings is 1. The molecule has 0 aliphatic heterocycles. The van der Waals surface area contributed by atoms with Gasteiger partial charge in [0.15, 0.2) is 0 Å². The van der Waals surface area contributed by atoms with Gasteiger partial charge in [-0.1, -0.05) is 32.9 Å². The van der Waals surface area contributed by atoms with E-state index in [9.17, 15) is 5.11 Å². The molecule has 0 unspecified atom stereocenters. The van der Waals surface area contributed by atoms with Crippen LogP contribution in [0.2, 0.25) is 0 Å². The standard InChI is InChI=1S/C18H25NO/c1-17(2,3)15-6-4-5-14(16(15)20)12-19-18-9-7-13(11-18)8-10-18/h4-6,12-13,20H,7-11H2,1-3H3. The second-order valence-corrected chi connectivity index (χ2v) is 7.62. The zero-order chi connectivity index (χ0) is 14.4. The van der Waals surface area contributed by atoms with Gasteiger partial charge in [0.1, 0.15) is 5.75 Å². The monoisotopic (exact) mass is 271 g/mol. The lowest BCUT2D eigenvalue weighted by molar-refractivity contribution is 0.422. The Kier molecular flexibility index (Phi) is 3.15. The molecule has 1 aromatic rings. The van der Waals surface area contributed by atoms with E-state index in [0.717, 1.165) is 17.0 Å². The minimum Gasteiger partial charge on any atom is -0.507 e. The lowest BCUT2D eigenvalue weighted by Gasteiger charge is -2.23. The van der Waals surface area contributed by atoms with Crippen LogP contribution >= 0.6 is 0 Å². The summed E-state index contributed by atoms with van der Waals surface area (Å²) in [6.45, 7) is 6.38. The van der Waals surface area contributed by atoms with Crippen LogP contribution in [-0.2, 0) is 5.41 Å². The third-order valence-corrected chi connectivity index (χ3v) is 5.06. The molecule has 2 heteroatoms. The number of para-hydroxylation sites is 1. The van der Waals surface area contributed by atoms with Crippen molar-refractivity contribution in [3.8, 4) is 5.75 Å². The van der Waals surface area contributed by atoms with Crippen LogP contribution in [0.25, 0.3) is 0 Å². The van der Waals surface area contributed by atoms with Crippen LogP contribution in [0.4, 0.5) is 0 Å². The van der Waals surface area contributed by atoms with E-state index in [1.807, 2.05) is 24.4 Å². The summed E-state index contributed by atoms with van der Waals surface area (Å²) < 4.78 is 0. The molecule has 20 heavy (non-hydrogen) atoms. The first-order valence-electron chi connectivity index (χ1n) is 7.77. The molecule has 2 aliphatic carbocycles. The largest absolute Gasteiger partial charge is 0.507 e. The van der Waals surface area contributed by atoms with E-state index >= 15 is 0 Å². The van der Waals surface area contributed by atoms with Crippen molar-refractivity contribution in [3.05, 3.63) is 29.3 Å². The molecule has 0 radical (unpaired) electrons. The summed E-state index contributed by atoms with van der Waals surface area (Å²) in [4.78, 5) is 4.88. The van der Waals surface area contributed by atoms with Gasteiger partial charge < -0.3 is 5.11 Å². The molecule has 2 fully saturated rings. The van der Waals surface area contributed by atoms with Gasteiger partial charge in [0.05, 0.1) is 5.54 Å². The third kappa shape index (κ3) is 2.36. The first kappa shape index (κ1) is 13.7. The lowest BCUT2D eigenvalue weighted by atomic mass is 9.85. The molecule has 0 heterocycles. The van der Waals surface area contributed by atoms with Gasteiger partial charge >= 0.3 is 0 Å². The van der Waals surface area contributed by atoms with E-state index in [4.69, 9.17) is 4.99 Å². The molecule has 2 nitrogen and oxygen atoms in total. The highest BCUT2D eigenvalue weighted by atomic mass is 16.3. The van der Waals surface area contributed by atoms with E-state index in [-0.39, 0.29) is 11.0 Å². The quantitative estimate of drug-likeness (QED) is 0.792. The number of nitrogens with zero attached hydrogens (tertiary/aromatic N) is 1. The minimum absolute atomic E-state index is 0.0436. The van der Waals surface area contributed by atoms with Crippen LogP contribution in [0, 0.1) is 5.92 Å². The maximum Gasteiger partial charge on any atom is 0.128 e. The van der Waals surface area contributed by atoms with Crippen molar-refractivity contribution < 1.29 is 5.11 Å². The number of aliphatic imine (C=N–C) groups is 1. The second kappa shape index (κ2) is 4.61. The predicted molar refractivity (Wildman–Crippen MR) is 83.7 cm³/mol. The van der Waals surface area contributed by atoms with Crippen molar-refractivity contribution in [2.24, 2.45) is 10.9 Å². The van der Waals surface area contributed by atoms with E-state index < -0.39 is 0 Å². The minimum atomic E-state index is -0.0436. The molecule has 0 aromatic heterocycles. The van der Waals surface area contributed by atoms with E-state index in [1.165, 1.54) is 32.1 Å². The van der Waals surface area contributed by atoms with E-state index in [1.54, 1.807) is 0 Å². The Balaban J connectivity index is 1.88. The predicted octanol–water partition coefficient (Wildman–Crippen LogP) is 4.44. The zero-order valence-corrected chi connectivity index (χ0v) is 12.8. The molecule has 108 valence electrons. The molecule has 3 rings (SSSR count).